The minimum Gasteiger partial charge on any atom is -0.463 e. The maximum absolute atomic E-state index is 13.4. The van der Waals surface area contributed by atoms with Crippen LogP contribution in [0, 0.1) is 5.82 Å². The Kier molecular flexibility index (Phi) is 6.10. The van der Waals surface area contributed by atoms with Crippen LogP contribution in [0.25, 0.3) is 0 Å². The van der Waals surface area contributed by atoms with E-state index in [1.165, 1.54) is 12.1 Å². The van der Waals surface area contributed by atoms with Gasteiger partial charge in [-0.15, -0.1) is 0 Å². The lowest BCUT2D eigenvalue weighted by atomic mass is 9.72. The molecule has 4 rings (SSSR count). The second-order valence-corrected chi connectivity index (χ2v) is 8.67. The molecule has 0 unspecified atom stereocenters. The van der Waals surface area contributed by atoms with Crippen molar-refractivity contribution in [3.05, 3.63) is 92.5 Å². The lowest BCUT2D eigenvalue weighted by Crippen LogP contribution is -2.36. The molecule has 0 fully saturated rings. The van der Waals surface area contributed by atoms with E-state index in [1.807, 2.05) is 31.2 Å². The van der Waals surface area contributed by atoms with Crippen molar-refractivity contribution in [2.45, 2.75) is 38.5 Å². The second kappa shape index (κ2) is 8.79. The molecule has 0 radical (unpaired) electrons. The van der Waals surface area contributed by atoms with Crippen LogP contribution in [0.3, 0.4) is 0 Å². The summed E-state index contributed by atoms with van der Waals surface area (Å²) in [6.07, 6.45) is 0.920. The third kappa shape index (κ3) is 4.09. The van der Waals surface area contributed by atoms with Gasteiger partial charge in [-0.1, -0.05) is 46.3 Å². The summed E-state index contributed by atoms with van der Waals surface area (Å²) in [6.45, 7) is 3.86. The van der Waals surface area contributed by atoms with Gasteiger partial charge in [0.15, 0.2) is 5.78 Å². The molecule has 2 aromatic carbocycles. The first-order valence-electron chi connectivity index (χ1n) is 10.3. The smallest absolute Gasteiger partial charge is 0.336 e. The van der Waals surface area contributed by atoms with Gasteiger partial charge in [0, 0.05) is 33.8 Å². The van der Waals surface area contributed by atoms with Gasteiger partial charge in [-0.3, -0.25) is 4.79 Å². The number of allylic oxidation sites excluding steroid dienone is 3. The normalized spacial score (nSPS) is 21.0. The van der Waals surface area contributed by atoms with Crippen LogP contribution in [0.5, 0.6) is 0 Å². The van der Waals surface area contributed by atoms with Crippen molar-refractivity contribution in [3.63, 3.8) is 0 Å². The highest BCUT2D eigenvalue weighted by Gasteiger charge is 2.41. The number of halogens is 2. The molecule has 0 aromatic heterocycles. The van der Waals surface area contributed by atoms with E-state index in [0.29, 0.717) is 29.7 Å². The number of Topliss-reactive ketones (excluding diaryl/α,β-unsaturated/α-hetero) is 1. The van der Waals surface area contributed by atoms with Gasteiger partial charge < -0.3 is 10.1 Å². The van der Waals surface area contributed by atoms with Crippen molar-refractivity contribution in [3.8, 4) is 0 Å². The summed E-state index contributed by atoms with van der Waals surface area (Å²) < 4.78 is 19.5. The van der Waals surface area contributed by atoms with E-state index >= 15 is 0 Å². The van der Waals surface area contributed by atoms with Gasteiger partial charge in [0.1, 0.15) is 5.82 Å². The molecule has 0 saturated carbocycles. The summed E-state index contributed by atoms with van der Waals surface area (Å²) >= 11 is 3.59. The molecule has 4 nitrogen and oxygen atoms in total. The van der Waals surface area contributed by atoms with Gasteiger partial charge in [0.05, 0.1) is 12.2 Å². The molecule has 31 heavy (non-hydrogen) atoms. The SMILES string of the molecule is CCOC(=O)C1=C(C)NC2=C(C(=O)C[C@@H](c3ccc(F)cc3)C2)[C@H]1c1ccccc1Br. The average Bonchev–Trinajstić information content (AvgIpc) is 2.73. The Labute approximate surface area is 189 Å². The number of ketones is 1. The number of esters is 1. The predicted molar refractivity (Wildman–Crippen MR) is 120 cm³/mol. The Morgan fingerprint density at radius 2 is 1.87 bits per heavy atom. The summed E-state index contributed by atoms with van der Waals surface area (Å²) in [4.78, 5) is 26.3. The van der Waals surface area contributed by atoms with Gasteiger partial charge in [-0.25, -0.2) is 9.18 Å². The van der Waals surface area contributed by atoms with Gasteiger partial charge in [0.2, 0.25) is 0 Å². The third-order valence-corrected chi connectivity index (χ3v) is 6.60. The van der Waals surface area contributed by atoms with Crippen LogP contribution in [0.15, 0.2) is 75.5 Å². The molecule has 0 bridgehead atoms. The Morgan fingerprint density at radius 1 is 1.16 bits per heavy atom. The van der Waals surface area contributed by atoms with Crippen LogP contribution >= 0.6 is 15.9 Å². The molecule has 0 amide bonds. The number of carbonyl (C=O) groups excluding carboxylic acids is 2. The van der Waals surface area contributed by atoms with Crippen LogP contribution in [0.2, 0.25) is 0 Å². The maximum Gasteiger partial charge on any atom is 0.336 e. The standard InChI is InChI=1S/C25H23BrFNO3/c1-3-31-25(30)22-14(2)28-20-12-16(15-8-10-17(27)11-9-15)13-21(29)24(20)23(22)18-6-4-5-7-19(18)26/h4-11,16,23,28H,3,12-13H2,1-2H3/t16-,23-/m0/s1. The van der Waals surface area contributed by atoms with Crippen LogP contribution < -0.4 is 5.32 Å². The molecular formula is C25H23BrFNO3. The molecule has 0 saturated heterocycles. The Bertz CT molecular complexity index is 1100. The first kappa shape index (κ1) is 21.5. The molecule has 1 aliphatic heterocycles. The fraction of sp³-hybridized carbons (Fsp3) is 0.280. The molecule has 0 spiro atoms. The summed E-state index contributed by atoms with van der Waals surface area (Å²) in [5, 5.41) is 3.32. The van der Waals surface area contributed by atoms with Crippen molar-refractivity contribution < 1.29 is 18.7 Å². The van der Waals surface area contributed by atoms with E-state index in [1.54, 1.807) is 19.1 Å². The van der Waals surface area contributed by atoms with Crippen molar-refractivity contribution in [1.82, 2.24) is 5.32 Å². The number of dihydropyridines is 1. The number of hydrogen-bond acceptors (Lipinski definition) is 4. The van der Waals surface area contributed by atoms with Crippen molar-refractivity contribution in [2.75, 3.05) is 6.61 Å². The van der Waals surface area contributed by atoms with Crippen LogP contribution in [-0.2, 0) is 14.3 Å². The minimum absolute atomic E-state index is 0.0156. The Morgan fingerprint density at radius 3 is 2.55 bits per heavy atom. The second-order valence-electron chi connectivity index (χ2n) is 7.81. The monoisotopic (exact) mass is 483 g/mol. The Balaban J connectivity index is 1.81. The van der Waals surface area contributed by atoms with Crippen molar-refractivity contribution >= 4 is 27.7 Å². The molecule has 2 atom stereocenters. The molecule has 1 heterocycles. The summed E-state index contributed by atoms with van der Waals surface area (Å²) in [5.74, 6) is -1.29. The molecule has 6 heteroatoms. The zero-order valence-electron chi connectivity index (χ0n) is 17.4. The first-order valence-corrected chi connectivity index (χ1v) is 11.1. The molecule has 2 aliphatic rings. The fourth-order valence-electron chi connectivity index (χ4n) is 4.51. The van der Waals surface area contributed by atoms with Gasteiger partial charge in [-0.2, -0.15) is 0 Å². The van der Waals surface area contributed by atoms with Crippen molar-refractivity contribution in [2.24, 2.45) is 0 Å². The average molecular weight is 484 g/mol. The molecular weight excluding hydrogens is 461 g/mol. The minimum atomic E-state index is -0.507. The van der Waals surface area contributed by atoms with E-state index in [0.717, 1.165) is 21.3 Å². The van der Waals surface area contributed by atoms with Crippen LogP contribution in [-0.4, -0.2) is 18.4 Å². The number of benzene rings is 2. The molecule has 2 aromatic rings. The van der Waals surface area contributed by atoms with E-state index in [2.05, 4.69) is 21.2 Å². The predicted octanol–water partition coefficient (Wildman–Crippen LogP) is 5.51. The lowest BCUT2D eigenvalue weighted by molar-refractivity contribution is -0.138. The van der Waals surface area contributed by atoms with Gasteiger partial charge >= 0.3 is 5.97 Å². The molecule has 1 N–H and O–H groups in total. The van der Waals surface area contributed by atoms with Crippen LogP contribution in [0.1, 0.15) is 49.7 Å². The fourth-order valence-corrected chi connectivity index (χ4v) is 5.02. The quantitative estimate of drug-likeness (QED) is 0.582. The topological polar surface area (TPSA) is 55.4 Å². The number of hydrogen-bond donors (Lipinski definition) is 1. The van der Waals surface area contributed by atoms with Gasteiger partial charge in [-0.05, 0) is 55.5 Å². The zero-order valence-corrected chi connectivity index (χ0v) is 19.0. The van der Waals surface area contributed by atoms with Gasteiger partial charge in [0.25, 0.3) is 0 Å². The lowest BCUT2D eigenvalue weighted by Gasteiger charge is -2.37. The first-order chi connectivity index (χ1) is 14.9. The van der Waals surface area contributed by atoms with E-state index in [9.17, 15) is 14.0 Å². The third-order valence-electron chi connectivity index (χ3n) is 5.88. The largest absolute Gasteiger partial charge is 0.463 e. The summed E-state index contributed by atoms with van der Waals surface area (Å²) in [6, 6.07) is 13.9. The summed E-state index contributed by atoms with van der Waals surface area (Å²) in [7, 11) is 0. The van der Waals surface area contributed by atoms with E-state index in [-0.39, 0.29) is 24.1 Å². The highest BCUT2D eigenvalue weighted by molar-refractivity contribution is 9.10. The van der Waals surface area contributed by atoms with Crippen LogP contribution in [0.4, 0.5) is 4.39 Å². The zero-order chi connectivity index (χ0) is 22.1. The highest BCUT2D eigenvalue weighted by atomic mass is 79.9. The number of nitrogens with one attached hydrogen (secondary N) is 1. The molecule has 1 aliphatic carbocycles. The Hall–Kier alpha value is -2.73. The number of ether oxygens (including phenoxy) is 1. The highest BCUT2D eigenvalue weighted by Crippen LogP contribution is 2.47. The number of rotatable bonds is 4. The van der Waals surface area contributed by atoms with E-state index in [4.69, 9.17) is 4.74 Å². The summed E-state index contributed by atoms with van der Waals surface area (Å²) in [5.41, 5.74) is 4.35. The molecule has 160 valence electrons. The van der Waals surface area contributed by atoms with E-state index < -0.39 is 11.9 Å². The maximum atomic E-state index is 13.4. The number of carbonyl (C=O) groups is 2. The van der Waals surface area contributed by atoms with Crippen molar-refractivity contribution in [1.29, 1.82) is 0 Å².